The Morgan fingerprint density at radius 2 is 1.95 bits per heavy atom. The summed E-state index contributed by atoms with van der Waals surface area (Å²) in [5, 5.41) is 2.90. The van der Waals surface area contributed by atoms with Gasteiger partial charge in [-0.3, -0.25) is 4.79 Å². The number of halogens is 1. The first-order valence-corrected chi connectivity index (χ1v) is 6.71. The van der Waals surface area contributed by atoms with E-state index in [1.54, 1.807) is 12.1 Å². The summed E-state index contributed by atoms with van der Waals surface area (Å²) in [4.78, 5) is 12.2. The second-order valence-electron chi connectivity index (χ2n) is 4.43. The molecule has 0 heterocycles. The van der Waals surface area contributed by atoms with Crippen molar-refractivity contribution in [1.82, 2.24) is 0 Å². The summed E-state index contributed by atoms with van der Waals surface area (Å²) in [6.45, 7) is 3.99. The monoisotopic (exact) mass is 318 g/mol. The van der Waals surface area contributed by atoms with Crippen LogP contribution in [0, 0.1) is 13.8 Å². The molecule has 98 valence electrons. The molecule has 0 saturated heterocycles. The standard InChI is InChI=1S/C15H15BrN2O/c1-9-4-3-5-14(10(9)2)18-15(19)12-8-11(16)6-7-13(12)17/h3-8H,17H2,1-2H3,(H,18,19). The van der Waals surface area contributed by atoms with Gasteiger partial charge in [0, 0.05) is 15.8 Å². The molecular weight excluding hydrogens is 304 g/mol. The van der Waals surface area contributed by atoms with Gasteiger partial charge in [-0.05, 0) is 49.2 Å². The van der Waals surface area contributed by atoms with E-state index in [9.17, 15) is 4.79 Å². The number of nitrogens with two attached hydrogens (primary N) is 1. The zero-order valence-corrected chi connectivity index (χ0v) is 12.4. The van der Waals surface area contributed by atoms with E-state index >= 15 is 0 Å². The number of aryl methyl sites for hydroxylation is 1. The zero-order chi connectivity index (χ0) is 14.0. The van der Waals surface area contributed by atoms with Crippen LogP contribution < -0.4 is 11.1 Å². The minimum Gasteiger partial charge on any atom is -0.398 e. The van der Waals surface area contributed by atoms with Crippen molar-refractivity contribution in [3.8, 4) is 0 Å². The summed E-state index contributed by atoms with van der Waals surface area (Å²) in [6.07, 6.45) is 0. The number of rotatable bonds is 2. The van der Waals surface area contributed by atoms with Gasteiger partial charge in [0.25, 0.3) is 5.91 Å². The van der Waals surface area contributed by atoms with Gasteiger partial charge >= 0.3 is 0 Å². The molecule has 0 bridgehead atoms. The van der Waals surface area contributed by atoms with E-state index in [0.29, 0.717) is 11.3 Å². The quantitative estimate of drug-likeness (QED) is 0.825. The van der Waals surface area contributed by atoms with Crippen molar-refractivity contribution in [3.63, 3.8) is 0 Å². The molecule has 0 aliphatic rings. The summed E-state index contributed by atoms with van der Waals surface area (Å²) >= 11 is 3.34. The molecule has 19 heavy (non-hydrogen) atoms. The van der Waals surface area contributed by atoms with Gasteiger partial charge in [0.1, 0.15) is 0 Å². The maximum absolute atomic E-state index is 12.2. The van der Waals surface area contributed by atoms with Crippen LogP contribution in [-0.4, -0.2) is 5.91 Å². The Hall–Kier alpha value is -1.81. The molecule has 3 N–H and O–H groups in total. The Morgan fingerprint density at radius 1 is 1.21 bits per heavy atom. The predicted octanol–water partition coefficient (Wildman–Crippen LogP) is 3.90. The van der Waals surface area contributed by atoms with Gasteiger partial charge in [-0.2, -0.15) is 0 Å². The first-order chi connectivity index (χ1) is 8.99. The summed E-state index contributed by atoms with van der Waals surface area (Å²) in [5.74, 6) is -0.201. The largest absolute Gasteiger partial charge is 0.398 e. The van der Waals surface area contributed by atoms with E-state index in [4.69, 9.17) is 5.73 Å². The van der Waals surface area contributed by atoms with Crippen LogP contribution in [0.5, 0.6) is 0 Å². The number of nitrogen functional groups attached to an aromatic ring is 1. The fourth-order valence-corrected chi connectivity index (χ4v) is 2.16. The van der Waals surface area contributed by atoms with Gasteiger partial charge in [0.2, 0.25) is 0 Å². The van der Waals surface area contributed by atoms with Gasteiger partial charge in [-0.15, -0.1) is 0 Å². The first-order valence-electron chi connectivity index (χ1n) is 5.91. The van der Waals surface area contributed by atoms with E-state index in [2.05, 4.69) is 21.2 Å². The molecule has 1 amide bonds. The maximum atomic E-state index is 12.2. The number of nitrogens with one attached hydrogen (secondary N) is 1. The van der Waals surface area contributed by atoms with E-state index in [-0.39, 0.29) is 5.91 Å². The van der Waals surface area contributed by atoms with E-state index < -0.39 is 0 Å². The maximum Gasteiger partial charge on any atom is 0.257 e. The van der Waals surface area contributed by atoms with Crippen LogP contribution in [0.1, 0.15) is 21.5 Å². The van der Waals surface area contributed by atoms with Crippen molar-refractivity contribution in [2.45, 2.75) is 13.8 Å². The Morgan fingerprint density at radius 3 is 2.68 bits per heavy atom. The topological polar surface area (TPSA) is 55.1 Å². The minimum atomic E-state index is -0.201. The van der Waals surface area contributed by atoms with Crippen LogP contribution in [0.2, 0.25) is 0 Å². The van der Waals surface area contributed by atoms with Crippen LogP contribution in [0.15, 0.2) is 40.9 Å². The molecule has 3 nitrogen and oxygen atoms in total. The molecule has 2 rings (SSSR count). The van der Waals surface area contributed by atoms with Crippen LogP contribution >= 0.6 is 15.9 Å². The molecule has 0 atom stereocenters. The molecule has 0 saturated carbocycles. The minimum absolute atomic E-state index is 0.201. The molecule has 0 aliphatic heterocycles. The highest BCUT2D eigenvalue weighted by Gasteiger charge is 2.12. The molecule has 2 aromatic rings. The second kappa shape index (κ2) is 5.45. The molecule has 2 aromatic carbocycles. The zero-order valence-electron chi connectivity index (χ0n) is 10.8. The molecular formula is C15H15BrN2O. The second-order valence-corrected chi connectivity index (χ2v) is 5.35. The number of anilines is 2. The highest BCUT2D eigenvalue weighted by molar-refractivity contribution is 9.10. The van der Waals surface area contributed by atoms with Crippen molar-refractivity contribution in [1.29, 1.82) is 0 Å². The van der Waals surface area contributed by atoms with Crippen LogP contribution in [0.25, 0.3) is 0 Å². The lowest BCUT2D eigenvalue weighted by Gasteiger charge is -2.11. The number of carbonyl (C=O) groups is 1. The molecule has 0 aromatic heterocycles. The average Bonchev–Trinajstić information content (AvgIpc) is 2.38. The number of carbonyl (C=O) groups excluding carboxylic acids is 1. The van der Waals surface area contributed by atoms with E-state index in [1.807, 2.05) is 38.1 Å². The number of hydrogen-bond donors (Lipinski definition) is 2. The number of hydrogen-bond acceptors (Lipinski definition) is 2. The predicted molar refractivity (Wildman–Crippen MR) is 82.4 cm³/mol. The van der Waals surface area contributed by atoms with Crippen molar-refractivity contribution < 1.29 is 4.79 Å². The average molecular weight is 319 g/mol. The highest BCUT2D eigenvalue weighted by atomic mass is 79.9. The number of benzene rings is 2. The lowest BCUT2D eigenvalue weighted by atomic mass is 10.1. The Kier molecular flexibility index (Phi) is 3.90. The molecule has 0 spiro atoms. The fraction of sp³-hybridized carbons (Fsp3) is 0.133. The molecule has 0 aliphatic carbocycles. The van der Waals surface area contributed by atoms with Gasteiger partial charge in [-0.25, -0.2) is 0 Å². The smallest absolute Gasteiger partial charge is 0.257 e. The number of amides is 1. The first kappa shape index (κ1) is 13.6. The SMILES string of the molecule is Cc1cccc(NC(=O)c2cc(Br)ccc2N)c1C. The van der Waals surface area contributed by atoms with Crippen LogP contribution in [0.3, 0.4) is 0 Å². The lowest BCUT2D eigenvalue weighted by Crippen LogP contribution is -2.15. The van der Waals surface area contributed by atoms with E-state index in [0.717, 1.165) is 21.3 Å². The Balaban J connectivity index is 2.31. The summed E-state index contributed by atoms with van der Waals surface area (Å²) in [6, 6.07) is 11.1. The Bertz CT molecular complexity index is 638. The summed E-state index contributed by atoms with van der Waals surface area (Å²) < 4.78 is 0.827. The molecule has 0 fully saturated rings. The van der Waals surface area contributed by atoms with Gasteiger partial charge in [-0.1, -0.05) is 28.1 Å². The van der Waals surface area contributed by atoms with Crippen molar-refractivity contribution in [2.75, 3.05) is 11.1 Å². The van der Waals surface area contributed by atoms with Gasteiger partial charge in [0.05, 0.1) is 5.56 Å². The van der Waals surface area contributed by atoms with Crippen LogP contribution in [0.4, 0.5) is 11.4 Å². The Labute approximate surface area is 121 Å². The van der Waals surface area contributed by atoms with Gasteiger partial charge < -0.3 is 11.1 Å². The normalized spacial score (nSPS) is 10.3. The van der Waals surface area contributed by atoms with Crippen molar-refractivity contribution >= 4 is 33.2 Å². The van der Waals surface area contributed by atoms with Gasteiger partial charge in [0.15, 0.2) is 0 Å². The lowest BCUT2D eigenvalue weighted by molar-refractivity contribution is 0.102. The third kappa shape index (κ3) is 2.96. The fourth-order valence-electron chi connectivity index (χ4n) is 1.80. The third-order valence-corrected chi connectivity index (χ3v) is 3.61. The summed E-state index contributed by atoms with van der Waals surface area (Å²) in [5.41, 5.74) is 9.77. The third-order valence-electron chi connectivity index (χ3n) is 3.11. The molecule has 0 radical (unpaired) electrons. The molecule has 4 heteroatoms. The van der Waals surface area contributed by atoms with Crippen molar-refractivity contribution in [3.05, 3.63) is 57.6 Å². The summed E-state index contributed by atoms with van der Waals surface area (Å²) in [7, 11) is 0. The van der Waals surface area contributed by atoms with Crippen molar-refractivity contribution in [2.24, 2.45) is 0 Å². The van der Waals surface area contributed by atoms with E-state index in [1.165, 1.54) is 0 Å². The highest BCUT2D eigenvalue weighted by Crippen LogP contribution is 2.22. The van der Waals surface area contributed by atoms with Crippen LogP contribution in [-0.2, 0) is 0 Å². The molecule has 0 unspecified atom stereocenters.